The molecular weight excluding hydrogens is 152 g/mol. The van der Waals surface area contributed by atoms with E-state index in [9.17, 15) is 4.79 Å². The minimum Gasteiger partial charge on any atom is -0.366 e. The van der Waals surface area contributed by atoms with E-state index in [1.807, 2.05) is 13.0 Å². The van der Waals surface area contributed by atoms with E-state index in [2.05, 4.69) is 19.2 Å². The summed E-state index contributed by atoms with van der Waals surface area (Å²) in [5, 5.41) is 3.24. The molecule has 1 atom stereocenters. The van der Waals surface area contributed by atoms with Gasteiger partial charge in [0.1, 0.15) is 0 Å². The molecule has 0 aliphatic rings. The van der Waals surface area contributed by atoms with Crippen LogP contribution in [-0.4, -0.2) is 18.0 Å². The molecule has 3 heteroatoms. The number of nitrogens with one attached hydrogen (secondary N) is 1. The summed E-state index contributed by atoms with van der Waals surface area (Å²) in [5.74, 6) is -0.354. The Morgan fingerprint density at radius 2 is 1.92 bits per heavy atom. The second-order valence-corrected chi connectivity index (χ2v) is 3.32. The normalized spacial score (nSPS) is 14.9. The first kappa shape index (κ1) is 11.2. The standard InChI is InChI=1S/C9H18N2O/c1-6(2)11-8(4)5-7(3)9(10)12/h5-6,8,11H,1-4H3,(H2,10,12). The van der Waals surface area contributed by atoms with E-state index in [1.54, 1.807) is 6.92 Å². The Kier molecular flexibility index (Phi) is 4.59. The molecule has 0 aliphatic heterocycles. The van der Waals surface area contributed by atoms with Crippen LogP contribution in [0.4, 0.5) is 0 Å². The fourth-order valence-electron chi connectivity index (χ4n) is 1.03. The highest BCUT2D eigenvalue weighted by molar-refractivity contribution is 5.91. The first-order chi connectivity index (χ1) is 5.43. The zero-order valence-electron chi connectivity index (χ0n) is 8.22. The van der Waals surface area contributed by atoms with Gasteiger partial charge in [-0.15, -0.1) is 0 Å². The van der Waals surface area contributed by atoms with Crippen LogP contribution in [0.3, 0.4) is 0 Å². The van der Waals surface area contributed by atoms with Crippen LogP contribution in [0, 0.1) is 0 Å². The van der Waals surface area contributed by atoms with Crippen molar-refractivity contribution in [2.45, 2.75) is 39.8 Å². The lowest BCUT2D eigenvalue weighted by atomic mass is 10.2. The van der Waals surface area contributed by atoms with Crippen molar-refractivity contribution >= 4 is 5.91 Å². The van der Waals surface area contributed by atoms with E-state index in [4.69, 9.17) is 5.73 Å². The van der Waals surface area contributed by atoms with E-state index >= 15 is 0 Å². The Morgan fingerprint density at radius 3 is 2.25 bits per heavy atom. The Balaban J connectivity index is 4.05. The summed E-state index contributed by atoms with van der Waals surface area (Å²) < 4.78 is 0. The molecule has 12 heavy (non-hydrogen) atoms. The van der Waals surface area contributed by atoms with Crippen LogP contribution in [-0.2, 0) is 4.79 Å². The molecule has 0 fully saturated rings. The Morgan fingerprint density at radius 1 is 1.42 bits per heavy atom. The third-order valence-electron chi connectivity index (χ3n) is 1.48. The van der Waals surface area contributed by atoms with Gasteiger partial charge in [0.15, 0.2) is 0 Å². The molecule has 0 bridgehead atoms. The Bertz CT molecular complexity index is 185. The molecule has 0 spiro atoms. The lowest BCUT2D eigenvalue weighted by Gasteiger charge is -2.13. The highest BCUT2D eigenvalue weighted by Crippen LogP contribution is 1.95. The third-order valence-corrected chi connectivity index (χ3v) is 1.48. The molecule has 0 rings (SSSR count). The summed E-state index contributed by atoms with van der Waals surface area (Å²) in [7, 11) is 0. The number of rotatable bonds is 4. The van der Waals surface area contributed by atoms with Gasteiger partial charge < -0.3 is 11.1 Å². The van der Waals surface area contributed by atoms with Crippen LogP contribution in [0.2, 0.25) is 0 Å². The Labute approximate surface area is 74.0 Å². The fraction of sp³-hybridized carbons (Fsp3) is 0.667. The average molecular weight is 170 g/mol. The van der Waals surface area contributed by atoms with Gasteiger partial charge in [-0.25, -0.2) is 0 Å². The quantitative estimate of drug-likeness (QED) is 0.613. The van der Waals surface area contributed by atoms with Crippen molar-refractivity contribution < 1.29 is 4.79 Å². The number of nitrogens with two attached hydrogens (primary N) is 1. The first-order valence-corrected chi connectivity index (χ1v) is 4.17. The number of hydrogen-bond acceptors (Lipinski definition) is 2. The number of carbonyl (C=O) groups excluding carboxylic acids is 1. The number of hydrogen-bond donors (Lipinski definition) is 2. The van der Waals surface area contributed by atoms with Gasteiger partial charge in [0.2, 0.25) is 5.91 Å². The van der Waals surface area contributed by atoms with E-state index in [0.717, 1.165) is 0 Å². The molecule has 0 aromatic heterocycles. The van der Waals surface area contributed by atoms with Gasteiger partial charge >= 0.3 is 0 Å². The van der Waals surface area contributed by atoms with Crippen LogP contribution in [0.15, 0.2) is 11.6 Å². The van der Waals surface area contributed by atoms with Crippen molar-refractivity contribution in [1.29, 1.82) is 0 Å². The van der Waals surface area contributed by atoms with Crippen LogP contribution < -0.4 is 11.1 Å². The van der Waals surface area contributed by atoms with Crippen LogP contribution in [0.5, 0.6) is 0 Å². The monoisotopic (exact) mass is 170 g/mol. The minimum absolute atomic E-state index is 0.192. The maximum Gasteiger partial charge on any atom is 0.244 e. The molecule has 0 saturated heterocycles. The third kappa shape index (κ3) is 4.91. The lowest BCUT2D eigenvalue weighted by molar-refractivity contribution is -0.114. The molecule has 70 valence electrons. The summed E-state index contributed by atoms with van der Waals surface area (Å²) in [6.07, 6.45) is 1.84. The lowest BCUT2D eigenvalue weighted by Crippen LogP contribution is -2.31. The summed E-state index contributed by atoms with van der Waals surface area (Å²) in [4.78, 5) is 10.6. The Hall–Kier alpha value is -0.830. The van der Waals surface area contributed by atoms with E-state index in [-0.39, 0.29) is 11.9 Å². The predicted molar refractivity (Wildman–Crippen MR) is 50.7 cm³/mol. The summed E-state index contributed by atoms with van der Waals surface area (Å²) in [5.41, 5.74) is 5.69. The minimum atomic E-state index is -0.354. The molecule has 1 amide bonds. The molecule has 0 aromatic carbocycles. The zero-order valence-corrected chi connectivity index (χ0v) is 8.22. The van der Waals surface area contributed by atoms with Crippen LogP contribution >= 0.6 is 0 Å². The fourth-order valence-corrected chi connectivity index (χ4v) is 1.03. The van der Waals surface area contributed by atoms with Gasteiger partial charge in [0.05, 0.1) is 0 Å². The van der Waals surface area contributed by atoms with Crippen molar-refractivity contribution in [3.8, 4) is 0 Å². The summed E-state index contributed by atoms with van der Waals surface area (Å²) in [6, 6.07) is 0.606. The largest absolute Gasteiger partial charge is 0.366 e. The van der Waals surface area contributed by atoms with Gasteiger partial charge in [-0.2, -0.15) is 0 Å². The molecule has 0 aliphatic carbocycles. The highest BCUT2D eigenvalue weighted by atomic mass is 16.1. The predicted octanol–water partition coefficient (Wildman–Crippen LogP) is 0.804. The van der Waals surface area contributed by atoms with E-state index in [1.165, 1.54) is 0 Å². The maximum atomic E-state index is 10.6. The van der Waals surface area contributed by atoms with Gasteiger partial charge in [0, 0.05) is 17.7 Å². The van der Waals surface area contributed by atoms with Gasteiger partial charge in [0.25, 0.3) is 0 Å². The smallest absolute Gasteiger partial charge is 0.244 e. The zero-order chi connectivity index (χ0) is 9.72. The van der Waals surface area contributed by atoms with Crippen LogP contribution in [0.1, 0.15) is 27.7 Å². The molecule has 3 nitrogen and oxygen atoms in total. The molecular formula is C9H18N2O. The van der Waals surface area contributed by atoms with Crippen molar-refractivity contribution in [2.75, 3.05) is 0 Å². The van der Waals surface area contributed by atoms with Crippen molar-refractivity contribution in [2.24, 2.45) is 5.73 Å². The molecule has 0 aromatic rings. The number of carbonyl (C=O) groups is 1. The van der Waals surface area contributed by atoms with Crippen molar-refractivity contribution in [3.05, 3.63) is 11.6 Å². The first-order valence-electron chi connectivity index (χ1n) is 4.17. The maximum absolute atomic E-state index is 10.6. The molecule has 0 saturated carbocycles. The van der Waals surface area contributed by atoms with Gasteiger partial charge in [-0.3, -0.25) is 4.79 Å². The number of primary amides is 1. The average Bonchev–Trinajstić information content (AvgIpc) is 1.84. The molecule has 0 radical (unpaired) electrons. The van der Waals surface area contributed by atoms with Crippen molar-refractivity contribution in [1.82, 2.24) is 5.32 Å². The van der Waals surface area contributed by atoms with E-state index < -0.39 is 0 Å². The van der Waals surface area contributed by atoms with Gasteiger partial charge in [-0.05, 0) is 13.8 Å². The van der Waals surface area contributed by atoms with E-state index in [0.29, 0.717) is 11.6 Å². The molecule has 1 unspecified atom stereocenters. The van der Waals surface area contributed by atoms with Crippen LogP contribution in [0.25, 0.3) is 0 Å². The number of amides is 1. The summed E-state index contributed by atoms with van der Waals surface area (Å²) >= 11 is 0. The SMILES string of the molecule is CC(=CC(C)NC(C)C)C(N)=O. The molecule has 0 heterocycles. The highest BCUT2D eigenvalue weighted by Gasteiger charge is 2.02. The molecule has 3 N–H and O–H groups in total. The van der Waals surface area contributed by atoms with Gasteiger partial charge in [-0.1, -0.05) is 19.9 Å². The second kappa shape index (κ2) is 4.93. The summed E-state index contributed by atoms with van der Waals surface area (Å²) in [6.45, 7) is 7.83. The second-order valence-electron chi connectivity index (χ2n) is 3.32. The van der Waals surface area contributed by atoms with Crippen molar-refractivity contribution in [3.63, 3.8) is 0 Å². The topological polar surface area (TPSA) is 55.1 Å².